The number of carbonyl (C=O) groups excluding carboxylic acids is 1. The third kappa shape index (κ3) is 4.00. The minimum atomic E-state index is -1.32. The smallest absolute Gasteiger partial charge is 0.243 e. The van der Waals surface area contributed by atoms with Crippen molar-refractivity contribution < 1.29 is 18.0 Å². The molecule has 4 aromatic rings. The number of nitrogen functional groups attached to an aromatic ring is 1. The highest BCUT2D eigenvalue weighted by Gasteiger charge is 2.31. The molecule has 184 valence electrons. The Labute approximate surface area is 198 Å². The minimum Gasteiger partial charge on any atom is -0.382 e. The van der Waals surface area contributed by atoms with Gasteiger partial charge in [-0.3, -0.25) is 4.79 Å². The van der Waals surface area contributed by atoms with Crippen molar-refractivity contribution in [2.24, 2.45) is 0 Å². The summed E-state index contributed by atoms with van der Waals surface area (Å²) in [6, 6.07) is 2.67. The molecular weight excluding hydrogens is 463 g/mol. The van der Waals surface area contributed by atoms with Crippen molar-refractivity contribution in [3.8, 4) is 11.3 Å². The maximum atomic E-state index is 15.1. The van der Waals surface area contributed by atoms with Crippen molar-refractivity contribution in [1.82, 2.24) is 34.0 Å². The molecule has 1 saturated heterocycles. The van der Waals surface area contributed by atoms with Crippen molar-refractivity contribution >= 4 is 34.4 Å². The molecule has 10 nitrogen and oxygen atoms in total. The van der Waals surface area contributed by atoms with E-state index < -0.39 is 24.7 Å². The van der Waals surface area contributed by atoms with Crippen LogP contribution in [0, 0.1) is 12.7 Å². The van der Waals surface area contributed by atoms with E-state index >= 15 is 4.39 Å². The van der Waals surface area contributed by atoms with Gasteiger partial charge in [0.25, 0.3) is 0 Å². The molecule has 0 bridgehead atoms. The number of hydrogen-bond acceptors (Lipinski definition) is 7. The number of nitrogens with zero attached hydrogens (tertiary/aromatic N) is 7. The van der Waals surface area contributed by atoms with E-state index in [0.717, 1.165) is 6.20 Å². The molecule has 3 N–H and O–H groups in total. The van der Waals surface area contributed by atoms with Crippen LogP contribution in [-0.4, -0.2) is 71.9 Å². The number of alkyl halides is 2. The number of imidazole rings is 1. The first-order chi connectivity index (χ1) is 16.8. The number of fused-ring (bicyclic) bond motifs is 2. The molecule has 1 aliphatic heterocycles. The zero-order valence-corrected chi connectivity index (χ0v) is 19.2. The van der Waals surface area contributed by atoms with Crippen molar-refractivity contribution in [2.45, 2.75) is 39.0 Å². The molecular formula is C22H24F3N9O. The Morgan fingerprint density at radius 3 is 2.80 bits per heavy atom. The van der Waals surface area contributed by atoms with Crippen LogP contribution in [0.15, 0.2) is 18.3 Å². The van der Waals surface area contributed by atoms with Gasteiger partial charge < -0.3 is 20.5 Å². The van der Waals surface area contributed by atoms with Gasteiger partial charge in [0.15, 0.2) is 17.3 Å². The van der Waals surface area contributed by atoms with Crippen molar-refractivity contribution in [2.75, 3.05) is 30.8 Å². The van der Waals surface area contributed by atoms with Gasteiger partial charge in [-0.2, -0.15) is 4.98 Å². The van der Waals surface area contributed by atoms with Gasteiger partial charge in [-0.25, -0.2) is 27.7 Å². The van der Waals surface area contributed by atoms with Gasteiger partial charge in [0, 0.05) is 13.5 Å². The Balaban J connectivity index is 1.50. The molecule has 0 radical (unpaired) electrons. The number of carbonyl (C=O) groups is 1. The fourth-order valence-corrected chi connectivity index (χ4v) is 4.51. The molecule has 4 aromatic heterocycles. The Morgan fingerprint density at radius 2 is 2.09 bits per heavy atom. The van der Waals surface area contributed by atoms with E-state index in [-0.39, 0.29) is 47.5 Å². The predicted octanol–water partition coefficient (Wildman–Crippen LogP) is 2.51. The van der Waals surface area contributed by atoms with Crippen LogP contribution in [0.2, 0.25) is 0 Å². The number of nitrogens with one attached hydrogen (secondary N) is 1. The number of aryl methyl sites for hydroxylation is 2. The average molecular weight is 487 g/mol. The summed E-state index contributed by atoms with van der Waals surface area (Å²) < 4.78 is 45.6. The zero-order valence-electron chi connectivity index (χ0n) is 19.2. The van der Waals surface area contributed by atoms with Crippen LogP contribution in [-0.2, 0) is 11.3 Å². The number of aromatic nitrogens is 6. The van der Waals surface area contributed by atoms with Crippen LogP contribution in [0.5, 0.6) is 0 Å². The number of hydrogen-bond donors (Lipinski definition) is 2. The molecule has 5 rings (SSSR count). The van der Waals surface area contributed by atoms with E-state index in [0.29, 0.717) is 30.0 Å². The largest absolute Gasteiger partial charge is 0.382 e. The molecule has 0 unspecified atom stereocenters. The van der Waals surface area contributed by atoms with E-state index in [1.54, 1.807) is 23.6 Å². The topological polar surface area (TPSA) is 119 Å². The summed E-state index contributed by atoms with van der Waals surface area (Å²) in [4.78, 5) is 26.1. The average Bonchev–Trinajstić information content (AvgIpc) is 3.30. The number of nitrogens with two attached hydrogens (primary N) is 1. The number of likely N-dealkylation sites (tertiary alicyclic amines) is 1. The molecule has 1 amide bonds. The minimum absolute atomic E-state index is 0.0201. The van der Waals surface area contributed by atoms with Crippen LogP contribution >= 0.6 is 0 Å². The van der Waals surface area contributed by atoms with Gasteiger partial charge >= 0.3 is 0 Å². The van der Waals surface area contributed by atoms with E-state index in [4.69, 9.17) is 5.73 Å². The van der Waals surface area contributed by atoms with Crippen LogP contribution in [0.3, 0.4) is 0 Å². The third-order valence-electron chi connectivity index (χ3n) is 6.26. The lowest BCUT2D eigenvalue weighted by atomic mass is 10.0. The Hall–Kier alpha value is -3.90. The fraction of sp³-hybridized carbons (Fsp3) is 0.409. The fourth-order valence-electron chi connectivity index (χ4n) is 4.51. The zero-order chi connectivity index (χ0) is 24.9. The van der Waals surface area contributed by atoms with Crippen molar-refractivity contribution in [3.63, 3.8) is 0 Å². The Morgan fingerprint density at radius 1 is 1.29 bits per heavy atom. The highest BCUT2D eigenvalue weighted by Crippen LogP contribution is 2.32. The Kier molecular flexibility index (Phi) is 5.69. The highest BCUT2D eigenvalue weighted by molar-refractivity contribution is 5.89. The second-order valence-electron chi connectivity index (χ2n) is 8.53. The van der Waals surface area contributed by atoms with Crippen molar-refractivity contribution in [3.05, 3.63) is 30.0 Å². The first-order valence-electron chi connectivity index (χ1n) is 11.2. The lowest BCUT2D eigenvalue weighted by molar-refractivity contribution is -0.131. The standard InChI is InChI=1S/C22H24F3N9O/c1-11-27-17-4-3-16(28-21(17)33(11)8-6-23)18-14(25)10-34-19(18)20(26)30-22(31-34)29-15-5-7-32(12(2)35)9-13(15)24/h3-4,10,13,15H,5-9H2,1-2H3,(H3,26,29,30,31)/t13-,15+/m1/s1. The number of piperidine rings is 1. The number of rotatable bonds is 5. The summed E-state index contributed by atoms with van der Waals surface area (Å²) in [5, 5.41) is 7.19. The molecule has 0 saturated carbocycles. The van der Waals surface area contributed by atoms with Gasteiger partial charge in [0.05, 0.1) is 36.6 Å². The van der Waals surface area contributed by atoms with Gasteiger partial charge in [0.2, 0.25) is 11.9 Å². The number of halogens is 3. The van der Waals surface area contributed by atoms with Gasteiger partial charge in [0.1, 0.15) is 29.7 Å². The van der Waals surface area contributed by atoms with E-state index in [9.17, 15) is 13.6 Å². The summed E-state index contributed by atoms with van der Waals surface area (Å²) in [5.41, 5.74) is 7.75. The summed E-state index contributed by atoms with van der Waals surface area (Å²) in [6.07, 6.45) is 0.192. The highest BCUT2D eigenvalue weighted by atomic mass is 19.1. The van der Waals surface area contributed by atoms with Crippen LogP contribution in [0.25, 0.3) is 27.9 Å². The maximum absolute atomic E-state index is 15.1. The summed E-state index contributed by atoms with van der Waals surface area (Å²) >= 11 is 0. The monoisotopic (exact) mass is 487 g/mol. The molecule has 1 fully saturated rings. The maximum Gasteiger partial charge on any atom is 0.243 e. The second-order valence-corrected chi connectivity index (χ2v) is 8.53. The molecule has 2 atom stereocenters. The molecule has 5 heterocycles. The first-order valence-corrected chi connectivity index (χ1v) is 11.2. The number of pyridine rings is 1. The predicted molar refractivity (Wildman–Crippen MR) is 124 cm³/mol. The van der Waals surface area contributed by atoms with Crippen LogP contribution in [0.4, 0.5) is 24.9 Å². The summed E-state index contributed by atoms with van der Waals surface area (Å²) in [7, 11) is 0. The van der Waals surface area contributed by atoms with Gasteiger partial charge in [-0.1, -0.05) is 0 Å². The lowest BCUT2D eigenvalue weighted by Gasteiger charge is -2.34. The molecule has 13 heteroatoms. The summed E-state index contributed by atoms with van der Waals surface area (Å²) in [6.45, 7) is 3.02. The molecule has 0 aliphatic carbocycles. The molecule has 0 aromatic carbocycles. The normalized spacial score (nSPS) is 18.5. The van der Waals surface area contributed by atoms with Gasteiger partial charge in [-0.05, 0) is 25.5 Å². The summed E-state index contributed by atoms with van der Waals surface area (Å²) in [5.74, 6) is -0.184. The first kappa shape index (κ1) is 22.9. The van der Waals surface area contributed by atoms with E-state index in [2.05, 4.69) is 25.4 Å². The third-order valence-corrected chi connectivity index (χ3v) is 6.26. The van der Waals surface area contributed by atoms with E-state index in [1.165, 1.54) is 16.3 Å². The molecule has 35 heavy (non-hydrogen) atoms. The second kappa shape index (κ2) is 8.71. The quantitative estimate of drug-likeness (QED) is 0.444. The van der Waals surface area contributed by atoms with Crippen LogP contribution < -0.4 is 11.1 Å². The molecule has 0 spiro atoms. The number of anilines is 2. The lowest BCUT2D eigenvalue weighted by Crippen LogP contribution is -2.49. The molecule has 1 aliphatic rings. The Bertz CT molecular complexity index is 1430. The SMILES string of the molecule is CC(=O)N1CC[C@H](Nc2nc(N)c3c(-c4ccc5nc(C)n(CCF)c5n4)c(F)cn3n2)[C@H](F)C1. The van der Waals surface area contributed by atoms with Crippen LogP contribution in [0.1, 0.15) is 19.2 Å². The van der Waals surface area contributed by atoms with Gasteiger partial charge in [-0.15, -0.1) is 5.10 Å². The van der Waals surface area contributed by atoms with Crippen molar-refractivity contribution in [1.29, 1.82) is 0 Å². The number of amides is 1. The van der Waals surface area contributed by atoms with E-state index in [1.807, 2.05) is 0 Å².